The lowest BCUT2D eigenvalue weighted by atomic mass is 9.95. The van der Waals surface area contributed by atoms with Crippen LogP contribution in [0.5, 0.6) is 5.75 Å². The molecule has 0 amide bonds. The Balaban J connectivity index is 1.64. The number of benzene rings is 1. The third-order valence-electron chi connectivity index (χ3n) is 4.50. The number of hydrogen-bond donors (Lipinski definition) is 0. The van der Waals surface area contributed by atoms with Crippen LogP contribution in [-0.4, -0.2) is 30.1 Å². The van der Waals surface area contributed by atoms with E-state index in [2.05, 4.69) is 4.90 Å². The third kappa shape index (κ3) is 2.51. The first kappa shape index (κ1) is 13.7. The van der Waals surface area contributed by atoms with E-state index >= 15 is 0 Å². The van der Waals surface area contributed by atoms with E-state index in [-0.39, 0.29) is 5.54 Å². The molecule has 0 unspecified atom stereocenters. The van der Waals surface area contributed by atoms with Crippen LogP contribution in [0.2, 0.25) is 0 Å². The van der Waals surface area contributed by atoms with E-state index in [0.717, 1.165) is 38.1 Å². The highest BCUT2D eigenvalue weighted by Gasteiger charge is 2.44. The summed E-state index contributed by atoms with van der Waals surface area (Å²) >= 11 is 0. The number of nitrogens with zero attached hydrogens (tertiary/aromatic N) is 1. The molecule has 0 N–H and O–H groups in total. The molecule has 0 saturated carbocycles. The van der Waals surface area contributed by atoms with Crippen LogP contribution in [0.25, 0.3) is 0 Å². The summed E-state index contributed by atoms with van der Waals surface area (Å²) in [6.07, 6.45) is 0.360. The minimum Gasteiger partial charge on any atom is -0.492 e. The van der Waals surface area contributed by atoms with Gasteiger partial charge in [0.1, 0.15) is 12.4 Å². The van der Waals surface area contributed by atoms with Gasteiger partial charge in [0.05, 0.1) is 11.1 Å². The molecule has 1 aromatic rings. The molecular weight excluding hydrogens is 267 g/mol. The second kappa shape index (κ2) is 4.95. The van der Waals surface area contributed by atoms with Gasteiger partial charge in [0.2, 0.25) is 0 Å². The molecule has 0 radical (unpaired) electrons. The topological polar surface area (TPSA) is 12.5 Å². The summed E-state index contributed by atoms with van der Waals surface area (Å²) in [4.78, 5) is 2.47. The number of fused-ring (bicyclic) bond motifs is 1. The molecule has 2 fully saturated rings. The number of alkyl halides is 3. The van der Waals surface area contributed by atoms with Crippen LogP contribution in [0.1, 0.15) is 31.2 Å². The second-order valence-electron chi connectivity index (χ2n) is 5.73. The van der Waals surface area contributed by atoms with Gasteiger partial charge < -0.3 is 4.74 Å². The van der Waals surface area contributed by atoms with Crippen LogP contribution in [0, 0.1) is 0 Å². The molecule has 1 aromatic carbocycles. The van der Waals surface area contributed by atoms with Gasteiger partial charge >= 0.3 is 6.18 Å². The van der Waals surface area contributed by atoms with Crippen molar-refractivity contribution in [1.29, 1.82) is 0 Å². The lowest BCUT2D eigenvalue weighted by Crippen LogP contribution is -2.43. The fourth-order valence-corrected chi connectivity index (χ4v) is 3.42. The van der Waals surface area contributed by atoms with Crippen molar-refractivity contribution < 1.29 is 17.9 Å². The molecule has 0 bridgehead atoms. The van der Waals surface area contributed by atoms with E-state index in [9.17, 15) is 13.2 Å². The van der Waals surface area contributed by atoms with E-state index in [1.165, 1.54) is 25.0 Å². The average Bonchev–Trinajstić information content (AvgIpc) is 2.95. The highest BCUT2D eigenvalue weighted by atomic mass is 19.4. The van der Waals surface area contributed by atoms with Crippen LogP contribution in [0.3, 0.4) is 0 Å². The fraction of sp³-hybridized carbons (Fsp3) is 0.600. The number of halogens is 3. The van der Waals surface area contributed by atoms with E-state index in [4.69, 9.17) is 4.74 Å². The molecule has 2 nitrogen and oxygen atoms in total. The lowest BCUT2D eigenvalue weighted by molar-refractivity contribution is -0.137. The SMILES string of the molecule is FC(F)(F)c1ccc(OCC23CCCN2CCC3)cc1. The van der Waals surface area contributed by atoms with Crippen LogP contribution in [0.4, 0.5) is 13.2 Å². The van der Waals surface area contributed by atoms with E-state index < -0.39 is 11.7 Å². The average molecular weight is 285 g/mol. The first-order valence-electron chi connectivity index (χ1n) is 7.05. The third-order valence-corrected chi connectivity index (χ3v) is 4.50. The Kier molecular flexibility index (Phi) is 3.40. The summed E-state index contributed by atoms with van der Waals surface area (Å²) in [5.41, 5.74) is -0.505. The lowest BCUT2D eigenvalue weighted by Gasteiger charge is -2.31. The van der Waals surface area contributed by atoms with Crippen LogP contribution in [-0.2, 0) is 6.18 Å². The summed E-state index contributed by atoms with van der Waals surface area (Å²) in [6.45, 7) is 2.82. The van der Waals surface area contributed by atoms with E-state index in [1.54, 1.807) is 0 Å². The van der Waals surface area contributed by atoms with Gasteiger partial charge in [-0.3, -0.25) is 4.90 Å². The molecule has 0 spiro atoms. The zero-order valence-electron chi connectivity index (χ0n) is 11.2. The van der Waals surface area contributed by atoms with Crippen molar-refractivity contribution in [3.05, 3.63) is 29.8 Å². The molecule has 3 rings (SSSR count). The Bertz CT molecular complexity index is 459. The van der Waals surface area contributed by atoms with Crippen molar-refractivity contribution in [3.8, 4) is 5.75 Å². The van der Waals surface area contributed by atoms with Crippen molar-refractivity contribution in [2.24, 2.45) is 0 Å². The molecule has 2 aliphatic heterocycles. The maximum atomic E-state index is 12.5. The molecule has 5 heteroatoms. The summed E-state index contributed by atoms with van der Waals surface area (Å²) in [5.74, 6) is 0.520. The quantitative estimate of drug-likeness (QED) is 0.839. The maximum Gasteiger partial charge on any atom is 0.416 e. The van der Waals surface area contributed by atoms with Crippen LogP contribution in [0.15, 0.2) is 24.3 Å². The monoisotopic (exact) mass is 285 g/mol. The standard InChI is InChI=1S/C15H18F3NO/c16-15(17,18)12-3-5-13(6-4-12)20-11-14-7-1-9-19(14)10-2-8-14/h3-6H,1-2,7-11H2. The van der Waals surface area contributed by atoms with Gasteiger partial charge in [-0.2, -0.15) is 13.2 Å². The van der Waals surface area contributed by atoms with Gasteiger partial charge in [0.25, 0.3) is 0 Å². The van der Waals surface area contributed by atoms with Gasteiger partial charge in [-0.1, -0.05) is 0 Å². The highest BCUT2D eigenvalue weighted by Crippen LogP contribution is 2.39. The van der Waals surface area contributed by atoms with Crippen molar-refractivity contribution in [2.45, 2.75) is 37.4 Å². The van der Waals surface area contributed by atoms with E-state index in [0.29, 0.717) is 12.4 Å². The van der Waals surface area contributed by atoms with Crippen molar-refractivity contribution >= 4 is 0 Å². The summed E-state index contributed by atoms with van der Waals surface area (Å²) < 4.78 is 43.2. The summed E-state index contributed by atoms with van der Waals surface area (Å²) in [7, 11) is 0. The molecule has 2 saturated heterocycles. The molecule has 0 atom stereocenters. The Labute approximate surface area is 116 Å². The first-order chi connectivity index (χ1) is 9.50. The zero-order valence-corrected chi connectivity index (χ0v) is 11.2. The number of ether oxygens (including phenoxy) is 1. The molecule has 0 aliphatic carbocycles. The minimum absolute atomic E-state index is 0.128. The largest absolute Gasteiger partial charge is 0.492 e. The Morgan fingerprint density at radius 3 is 2.20 bits per heavy atom. The molecule has 20 heavy (non-hydrogen) atoms. The number of rotatable bonds is 3. The predicted molar refractivity (Wildman–Crippen MR) is 69.7 cm³/mol. The van der Waals surface area contributed by atoms with Gasteiger partial charge in [-0.15, -0.1) is 0 Å². The van der Waals surface area contributed by atoms with Crippen molar-refractivity contribution in [1.82, 2.24) is 4.90 Å². The Hall–Kier alpha value is -1.23. The zero-order chi connectivity index (χ0) is 14.2. The number of hydrogen-bond acceptors (Lipinski definition) is 2. The van der Waals surface area contributed by atoms with Gasteiger partial charge in [-0.05, 0) is 63.0 Å². The predicted octanol–water partition coefficient (Wildman–Crippen LogP) is 3.71. The van der Waals surface area contributed by atoms with Crippen molar-refractivity contribution in [2.75, 3.05) is 19.7 Å². The van der Waals surface area contributed by atoms with Crippen LogP contribution >= 0.6 is 0 Å². The Morgan fingerprint density at radius 2 is 1.65 bits per heavy atom. The van der Waals surface area contributed by atoms with Gasteiger partial charge in [0.15, 0.2) is 0 Å². The van der Waals surface area contributed by atoms with Crippen molar-refractivity contribution in [3.63, 3.8) is 0 Å². The molecule has 110 valence electrons. The Morgan fingerprint density at radius 1 is 1.05 bits per heavy atom. The summed E-state index contributed by atoms with van der Waals surface area (Å²) in [5, 5.41) is 0. The molecule has 0 aromatic heterocycles. The fourth-order valence-electron chi connectivity index (χ4n) is 3.42. The van der Waals surface area contributed by atoms with Crippen LogP contribution < -0.4 is 4.74 Å². The minimum atomic E-state index is -4.29. The second-order valence-corrected chi connectivity index (χ2v) is 5.73. The first-order valence-corrected chi connectivity index (χ1v) is 7.05. The normalized spacial score (nSPS) is 21.9. The van der Waals surface area contributed by atoms with Gasteiger partial charge in [-0.25, -0.2) is 0 Å². The van der Waals surface area contributed by atoms with Gasteiger partial charge in [0, 0.05) is 0 Å². The molecule has 2 heterocycles. The summed E-state index contributed by atoms with van der Waals surface area (Å²) in [6, 6.07) is 4.98. The molecular formula is C15H18F3NO. The molecule has 2 aliphatic rings. The highest BCUT2D eigenvalue weighted by molar-refractivity contribution is 5.29. The smallest absolute Gasteiger partial charge is 0.416 e. The maximum absolute atomic E-state index is 12.5. The van der Waals surface area contributed by atoms with E-state index in [1.807, 2.05) is 0 Å².